The van der Waals surface area contributed by atoms with Gasteiger partial charge in [0.25, 0.3) is 5.91 Å². The van der Waals surface area contributed by atoms with Crippen molar-refractivity contribution >= 4 is 29.5 Å². The quantitative estimate of drug-likeness (QED) is 0.342. The number of carbonyl (C=O) groups is 3. The average Bonchev–Trinajstić information content (AvgIpc) is 2.72. The number of rotatable bonds is 10. The van der Waals surface area contributed by atoms with Gasteiger partial charge in [-0.2, -0.15) is 0 Å². The van der Waals surface area contributed by atoms with Crippen LogP contribution in [0, 0.1) is 5.92 Å². The molecule has 2 amide bonds. The number of nitrogens with one attached hydrogen (secondary N) is 2. The van der Waals surface area contributed by atoms with Crippen LogP contribution in [0.2, 0.25) is 0 Å². The van der Waals surface area contributed by atoms with Crippen molar-refractivity contribution in [1.82, 2.24) is 10.6 Å². The molecule has 1 aromatic rings. The molecule has 2 unspecified atom stereocenters. The van der Waals surface area contributed by atoms with Gasteiger partial charge in [-0.05, 0) is 30.9 Å². The molecular formula is C21H30N2O5S. The zero-order valence-electron chi connectivity index (χ0n) is 17.1. The number of esters is 1. The fourth-order valence-electron chi connectivity index (χ4n) is 3.24. The van der Waals surface area contributed by atoms with Gasteiger partial charge < -0.3 is 20.1 Å². The minimum Gasteiger partial charge on any atom is -0.452 e. The number of hydrogen-bond donors (Lipinski definition) is 2. The molecule has 0 radical (unpaired) electrons. The molecule has 2 atom stereocenters. The molecular weight excluding hydrogens is 392 g/mol. The Bertz CT molecular complexity index is 697. The van der Waals surface area contributed by atoms with Crippen LogP contribution in [0.3, 0.4) is 0 Å². The van der Waals surface area contributed by atoms with Gasteiger partial charge in [-0.3, -0.25) is 9.59 Å². The van der Waals surface area contributed by atoms with Crippen molar-refractivity contribution in [2.75, 3.05) is 32.6 Å². The molecule has 29 heavy (non-hydrogen) atoms. The van der Waals surface area contributed by atoms with Crippen molar-refractivity contribution in [3.05, 3.63) is 29.8 Å². The minimum absolute atomic E-state index is 0.142. The fraction of sp³-hybridized carbons (Fsp3) is 0.571. The summed E-state index contributed by atoms with van der Waals surface area (Å²) in [6.45, 7) is 2.71. The molecule has 7 nitrogen and oxygen atoms in total. The topological polar surface area (TPSA) is 93.7 Å². The van der Waals surface area contributed by atoms with Crippen LogP contribution >= 0.6 is 11.8 Å². The molecule has 1 saturated carbocycles. The highest BCUT2D eigenvalue weighted by Crippen LogP contribution is 2.24. The highest BCUT2D eigenvalue weighted by molar-refractivity contribution is 8.00. The van der Waals surface area contributed by atoms with E-state index < -0.39 is 5.97 Å². The number of thioether (sulfide) groups is 1. The van der Waals surface area contributed by atoms with Crippen molar-refractivity contribution < 1.29 is 23.9 Å². The van der Waals surface area contributed by atoms with E-state index in [0.29, 0.717) is 29.5 Å². The molecule has 1 aliphatic rings. The Morgan fingerprint density at radius 2 is 1.90 bits per heavy atom. The summed E-state index contributed by atoms with van der Waals surface area (Å²) in [5, 5.41) is 5.70. The summed E-state index contributed by atoms with van der Waals surface area (Å²) in [4.78, 5) is 37.1. The molecule has 1 aliphatic carbocycles. The first-order valence-electron chi connectivity index (χ1n) is 9.95. The standard InChI is InChI=1S/C21H30N2O5S/c1-15-7-3-5-9-17(15)23-19(24)13-28-21(26)16-8-4-6-10-18(16)29-14-20(25)22-11-12-27-2/h4,6,8,10,15,17H,3,5,7,9,11-14H2,1-2H3,(H,22,25)(H,23,24). The van der Waals surface area contributed by atoms with E-state index in [9.17, 15) is 14.4 Å². The van der Waals surface area contributed by atoms with Crippen LogP contribution in [0.15, 0.2) is 29.2 Å². The van der Waals surface area contributed by atoms with Gasteiger partial charge in [-0.1, -0.05) is 31.9 Å². The molecule has 160 valence electrons. The number of ether oxygens (including phenoxy) is 2. The van der Waals surface area contributed by atoms with E-state index in [1.807, 2.05) is 0 Å². The lowest BCUT2D eigenvalue weighted by atomic mass is 9.86. The van der Waals surface area contributed by atoms with Gasteiger partial charge in [0.05, 0.1) is 17.9 Å². The molecule has 2 N–H and O–H groups in total. The van der Waals surface area contributed by atoms with Crippen LogP contribution in [0.1, 0.15) is 43.0 Å². The zero-order chi connectivity index (χ0) is 21.1. The average molecular weight is 423 g/mol. The molecule has 0 saturated heterocycles. The summed E-state index contributed by atoms with van der Waals surface area (Å²) < 4.78 is 10.1. The summed E-state index contributed by atoms with van der Waals surface area (Å²) in [5.74, 6) is -0.375. The lowest BCUT2D eigenvalue weighted by Crippen LogP contribution is -2.42. The second kappa shape index (κ2) is 12.5. The van der Waals surface area contributed by atoms with Gasteiger partial charge in [0, 0.05) is 24.6 Å². The van der Waals surface area contributed by atoms with Gasteiger partial charge in [0.2, 0.25) is 5.91 Å². The van der Waals surface area contributed by atoms with Crippen LogP contribution in [0.4, 0.5) is 0 Å². The van der Waals surface area contributed by atoms with E-state index in [4.69, 9.17) is 9.47 Å². The predicted octanol–water partition coefficient (Wildman–Crippen LogP) is 2.39. The molecule has 2 rings (SSSR count). The van der Waals surface area contributed by atoms with Crippen molar-refractivity contribution in [3.8, 4) is 0 Å². The molecule has 0 aromatic heterocycles. The molecule has 0 aliphatic heterocycles. The number of hydrogen-bond acceptors (Lipinski definition) is 6. The molecule has 0 spiro atoms. The summed E-state index contributed by atoms with van der Waals surface area (Å²) in [6.07, 6.45) is 4.38. The lowest BCUT2D eigenvalue weighted by molar-refractivity contribution is -0.125. The van der Waals surface area contributed by atoms with Crippen LogP contribution in [0.5, 0.6) is 0 Å². The van der Waals surface area contributed by atoms with Crippen molar-refractivity contribution in [2.24, 2.45) is 5.92 Å². The van der Waals surface area contributed by atoms with Crippen LogP contribution in [0.25, 0.3) is 0 Å². The van der Waals surface area contributed by atoms with Gasteiger partial charge in [-0.15, -0.1) is 11.8 Å². The number of carbonyl (C=O) groups excluding carboxylic acids is 3. The maximum Gasteiger partial charge on any atom is 0.339 e. The van der Waals surface area contributed by atoms with E-state index in [1.54, 1.807) is 31.4 Å². The highest BCUT2D eigenvalue weighted by atomic mass is 32.2. The fourth-order valence-corrected chi connectivity index (χ4v) is 4.11. The zero-order valence-corrected chi connectivity index (χ0v) is 17.9. The Labute approximate surface area is 176 Å². The minimum atomic E-state index is -0.570. The third-order valence-electron chi connectivity index (χ3n) is 4.89. The molecule has 0 bridgehead atoms. The lowest BCUT2D eigenvalue weighted by Gasteiger charge is -2.29. The Kier molecular flexibility index (Phi) is 10.0. The Balaban J connectivity index is 1.82. The first-order chi connectivity index (χ1) is 14.0. The Hall–Kier alpha value is -2.06. The van der Waals surface area contributed by atoms with Gasteiger partial charge in [0.15, 0.2) is 6.61 Å². The van der Waals surface area contributed by atoms with Gasteiger partial charge in [0.1, 0.15) is 0 Å². The first kappa shape index (κ1) is 23.2. The van der Waals surface area contributed by atoms with Crippen molar-refractivity contribution in [3.63, 3.8) is 0 Å². The van der Waals surface area contributed by atoms with E-state index in [1.165, 1.54) is 18.2 Å². The summed E-state index contributed by atoms with van der Waals surface area (Å²) in [6, 6.07) is 7.05. The number of benzene rings is 1. The Morgan fingerprint density at radius 3 is 2.66 bits per heavy atom. The second-order valence-corrected chi connectivity index (χ2v) is 8.16. The van der Waals surface area contributed by atoms with Crippen molar-refractivity contribution in [1.29, 1.82) is 0 Å². The third-order valence-corrected chi connectivity index (χ3v) is 5.96. The maximum absolute atomic E-state index is 12.4. The molecule has 8 heteroatoms. The van der Waals surface area contributed by atoms with Crippen LogP contribution in [-0.2, 0) is 19.1 Å². The van der Waals surface area contributed by atoms with E-state index in [0.717, 1.165) is 19.3 Å². The molecule has 1 fully saturated rings. The maximum atomic E-state index is 12.4. The van der Waals surface area contributed by atoms with Crippen molar-refractivity contribution in [2.45, 2.75) is 43.5 Å². The summed E-state index contributed by atoms with van der Waals surface area (Å²) in [7, 11) is 1.57. The number of methoxy groups -OCH3 is 1. The molecule has 1 aromatic carbocycles. The third kappa shape index (κ3) is 8.06. The first-order valence-corrected chi connectivity index (χ1v) is 10.9. The normalized spacial score (nSPS) is 18.7. The van der Waals surface area contributed by atoms with Gasteiger partial charge >= 0.3 is 5.97 Å². The summed E-state index contributed by atoms with van der Waals surface area (Å²) >= 11 is 1.25. The van der Waals surface area contributed by atoms with Gasteiger partial charge in [-0.25, -0.2) is 4.79 Å². The van der Waals surface area contributed by atoms with Crippen LogP contribution < -0.4 is 10.6 Å². The summed E-state index contributed by atoms with van der Waals surface area (Å²) in [5.41, 5.74) is 0.348. The molecule has 0 heterocycles. The van der Waals surface area contributed by atoms with E-state index in [2.05, 4.69) is 17.6 Å². The smallest absolute Gasteiger partial charge is 0.339 e. The highest BCUT2D eigenvalue weighted by Gasteiger charge is 2.23. The largest absolute Gasteiger partial charge is 0.452 e. The monoisotopic (exact) mass is 422 g/mol. The second-order valence-electron chi connectivity index (χ2n) is 7.14. The van der Waals surface area contributed by atoms with E-state index in [-0.39, 0.29) is 30.2 Å². The Morgan fingerprint density at radius 1 is 1.14 bits per heavy atom. The SMILES string of the molecule is COCCNC(=O)CSc1ccccc1C(=O)OCC(=O)NC1CCCCC1C. The predicted molar refractivity (Wildman–Crippen MR) is 112 cm³/mol. The van der Waals surface area contributed by atoms with E-state index >= 15 is 0 Å². The van der Waals surface area contributed by atoms with Crippen LogP contribution in [-0.4, -0.2) is 56.4 Å². The number of amides is 2.